The predicted molar refractivity (Wildman–Crippen MR) is 58.5 cm³/mol. The molecule has 1 rings (SSSR count). The molecule has 86 valence electrons. The lowest BCUT2D eigenvalue weighted by atomic mass is 10.2. The largest absolute Gasteiger partial charge is 0.480 e. The third kappa shape index (κ3) is 2.94. The maximum atomic E-state index is 11.6. The lowest BCUT2D eigenvalue weighted by Gasteiger charge is -2.15. The van der Waals surface area contributed by atoms with Gasteiger partial charge in [0.25, 0.3) is 5.91 Å². The Balaban J connectivity index is 2.86. The number of carbonyl (C=O) groups is 2. The Morgan fingerprint density at radius 1 is 1.50 bits per heavy atom. The second-order valence-electron chi connectivity index (χ2n) is 3.36. The van der Waals surface area contributed by atoms with E-state index in [4.69, 9.17) is 5.11 Å². The van der Waals surface area contributed by atoms with Gasteiger partial charge >= 0.3 is 5.97 Å². The minimum Gasteiger partial charge on any atom is -0.480 e. The highest BCUT2D eigenvalue weighted by Gasteiger charge is 2.13. The first kappa shape index (κ1) is 12.0. The molecule has 0 spiro atoms. The van der Waals surface area contributed by atoms with Crippen LogP contribution in [0.3, 0.4) is 0 Å². The van der Waals surface area contributed by atoms with Gasteiger partial charge in [-0.05, 0) is 6.07 Å². The van der Waals surface area contributed by atoms with E-state index in [2.05, 4.69) is 10.3 Å². The Hall–Kier alpha value is -2.11. The summed E-state index contributed by atoms with van der Waals surface area (Å²) in [5.74, 6) is -1.53. The van der Waals surface area contributed by atoms with Crippen molar-refractivity contribution in [1.29, 1.82) is 0 Å². The molecule has 0 saturated carbocycles. The summed E-state index contributed by atoms with van der Waals surface area (Å²) in [7, 11) is 3.59. The van der Waals surface area contributed by atoms with Crippen LogP contribution in [0, 0.1) is 0 Å². The zero-order valence-corrected chi connectivity index (χ0v) is 9.10. The highest BCUT2D eigenvalue weighted by Crippen LogP contribution is 2.15. The molecule has 0 aliphatic carbocycles. The van der Waals surface area contributed by atoms with E-state index in [1.807, 2.05) is 0 Å². The number of carboxylic acid groups (broad SMARTS) is 1. The average Bonchev–Trinajstić information content (AvgIpc) is 2.25. The van der Waals surface area contributed by atoms with E-state index in [1.54, 1.807) is 31.3 Å². The quantitative estimate of drug-likeness (QED) is 0.748. The number of aromatic nitrogens is 1. The van der Waals surface area contributed by atoms with E-state index in [9.17, 15) is 9.59 Å². The first-order chi connectivity index (χ1) is 7.52. The molecular weight excluding hydrogens is 210 g/mol. The summed E-state index contributed by atoms with van der Waals surface area (Å²) in [4.78, 5) is 27.5. The molecule has 6 nitrogen and oxygen atoms in total. The third-order valence-corrected chi connectivity index (χ3v) is 1.92. The SMILES string of the molecule is CN(C)c1ccncc1C(=O)NCC(=O)O. The van der Waals surface area contributed by atoms with E-state index in [0.717, 1.165) is 0 Å². The van der Waals surface area contributed by atoms with Gasteiger partial charge < -0.3 is 15.3 Å². The van der Waals surface area contributed by atoms with Crippen LogP contribution in [0.5, 0.6) is 0 Å². The van der Waals surface area contributed by atoms with Crippen molar-refractivity contribution in [2.45, 2.75) is 0 Å². The number of nitrogens with zero attached hydrogens (tertiary/aromatic N) is 2. The van der Waals surface area contributed by atoms with Crippen molar-refractivity contribution in [3.05, 3.63) is 24.0 Å². The molecule has 1 amide bonds. The van der Waals surface area contributed by atoms with Gasteiger partial charge in [0.15, 0.2) is 0 Å². The molecule has 0 radical (unpaired) electrons. The van der Waals surface area contributed by atoms with Crippen molar-refractivity contribution in [3.8, 4) is 0 Å². The van der Waals surface area contributed by atoms with Gasteiger partial charge in [-0.15, -0.1) is 0 Å². The van der Waals surface area contributed by atoms with E-state index in [1.165, 1.54) is 6.20 Å². The highest BCUT2D eigenvalue weighted by molar-refractivity contribution is 6.00. The lowest BCUT2D eigenvalue weighted by Crippen LogP contribution is -2.30. The van der Waals surface area contributed by atoms with Crippen molar-refractivity contribution >= 4 is 17.6 Å². The molecule has 2 N–H and O–H groups in total. The van der Waals surface area contributed by atoms with Crippen LogP contribution < -0.4 is 10.2 Å². The Labute approximate surface area is 92.9 Å². The minimum atomic E-state index is -1.08. The molecule has 0 unspecified atom stereocenters. The van der Waals surface area contributed by atoms with E-state index in [0.29, 0.717) is 11.3 Å². The highest BCUT2D eigenvalue weighted by atomic mass is 16.4. The summed E-state index contributed by atoms with van der Waals surface area (Å²) in [5.41, 5.74) is 1.05. The molecule has 0 aromatic carbocycles. The van der Waals surface area contributed by atoms with Gasteiger partial charge in [-0.2, -0.15) is 0 Å². The Kier molecular flexibility index (Phi) is 3.82. The predicted octanol–water partition coefficient (Wildman–Crippen LogP) is -0.0380. The Morgan fingerprint density at radius 3 is 2.75 bits per heavy atom. The Morgan fingerprint density at radius 2 is 2.19 bits per heavy atom. The van der Waals surface area contributed by atoms with Crippen LogP contribution in [0.15, 0.2) is 18.5 Å². The summed E-state index contributed by atoms with van der Waals surface area (Å²) < 4.78 is 0. The molecule has 0 aliphatic heterocycles. The van der Waals surface area contributed by atoms with Crippen LogP contribution in [0.4, 0.5) is 5.69 Å². The van der Waals surface area contributed by atoms with Crippen molar-refractivity contribution in [1.82, 2.24) is 10.3 Å². The summed E-state index contributed by atoms with van der Waals surface area (Å²) in [6.07, 6.45) is 2.98. The van der Waals surface area contributed by atoms with Crippen molar-refractivity contribution in [2.75, 3.05) is 25.5 Å². The number of aliphatic carboxylic acids is 1. The standard InChI is InChI=1S/C10H13N3O3/c1-13(2)8-3-4-11-5-7(8)10(16)12-6-9(14)15/h3-5H,6H2,1-2H3,(H,12,16)(H,14,15). The van der Waals surface area contributed by atoms with Crippen molar-refractivity contribution in [3.63, 3.8) is 0 Å². The van der Waals surface area contributed by atoms with Crippen LogP contribution in [0.1, 0.15) is 10.4 Å². The number of hydrogen-bond acceptors (Lipinski definition) is 4. The fourth-order valence-corrected chi connectivity index (χ4v) is 1.20. The summed E-state index contributed by atoms with van der Waals surface area (Å²) in [6, 6.07) is 1.69. The number of rotatable bonds is 4. The number of carboxylic acids is 1. The second kappa shape index (κ2) is 5.11. The van der Waals surface area contributed by atoms with Gasteiger partial charge in [0, 0.05) is 26.5 Å². The van der Waals surface area contributed by atoms with Crippen LogP contribution in [0.2, 0.25) is 0 Å². The van der Waals surface area contributed by atoms with Crippen LogP contribution in [0.25, 0.3) is 0 Å². The molecule has 16 heavy (non-hydrogen) atoms. The van der Waals surface area contributed by atoms with Crippen LogP contribution in [-0.2, 0) is 4.79 Å². The minimum absolute atomic E-state index is 0.355. The number of pyridine rings is 1. The summed E-state index contributed by atoms with van der Waals surface area (Å²) in [6.45, 7) is -0.402. The zero-order chi connectivity index (χ0) is 12.1. The van der Waals surface area contributed by atoms with Gasteiger partial charge in [0.1, 0.15) is 6.54 Å². The fourth-order valence-electron chi connectivity index (χ4n) is 1.20. The molecule has 0 bridgehead atoms. The maximum absolute atomic E-state index is 11.6. The summed E-state index contributed by atoms with van der Waals surface area (Å²) in [5, 5.41) is 10.7. The third-order valence-electron chi connectivity index (χ3n) is 1.92. The lowest BCUT2D eigenvalue weighted by molar-refractivity contribution is -0.135. The number of hydrogen-bond donors (Lipinski definition) is 2. The molecule has 1 heterocycles. The molecular formula is C10H13N3O3. The van der Waals surface area contributed by atoms with Crippen LogP contribution >= 0.6 is 0 Å². The van der Waals surface area contributed by atoms with Gasteiger partial charge in [0.2, 0.25) is 0 Å². The summed E-state index contributed by atoms with van der Waals surface area (Å²) >= 11 is 0. The smallest absolute Gasteiger partial charge is 0.322 e. The maximum Gasteiger partial charge on any atom is 0.322 e. The second-order valence-corrected chi connectivity index (χ2v) is 3.36. The normalized spacial score (nSPS) is 9.62. The molecule has 0 fully saturated rings. The van der Waals surface area contributed by atoms with E-state index >= 15 is 0 Å². The zero-order valence-electron chi connectivity index (χ0n) is 9.10. The van der Waals surface area contributed by atoms with Gasteiger partial charge in [0.05, 0.1) is 11.3 Å². The Bertz CT molecular complexity index is 404. The first-order valence-corrected chi connectivity index (χ1v) is 4.63. The average molecular weight is 223 g/mol. The van der Waals surface area contributed by atoms with Crippen molar-refractivity contribution < 1.29 is 14.7 Å². The number of amides is 1. The van der Waals surface area contributed by atoms with Gasteiger partial charge in [-0.25, -0.2) is 0 Å². The molecule has 1 aromatic heterocycles. The molecule has 1 aromatic rings. The number of carbonyl (C=O) groups excluding carboxylic acids is 1. The van der Waals surface area contributed by atoms with E-state index < -0.39 is 18.4 Å². The van der Waals surface area contributed by atoms with Crippen LogP contribution in [-0.4, -0.2) is 42.6 Å². The first-order valence-electron chi connectivity index (χ1n) is 4.63. The monoisotopic (exact) mass is 223 g/mol. The van der Waals surface area contributed by atoms with Gasteiger partial charge in [-0.3, -0.25) is 14.6 Å². The van der Waals surface area contributed by atoms with E-state index in [-0.39, 0.29) is 0 Å². The fraction of sp³-hybridized carbons (Fsp3) is 0.300. The molecule has 0 saturated heterocycles. The topological polar surface area (TPSA) is 82.5 Å². The van der Waals surface area contributed by atoms with Crippen molar-refractivity contribution in [2.24, 2.45) is 0 Å². The number of anilines is 1. The number of nitrogens with one attached hydrogen (secondary N) is 1. The molecule has 0 aliphatic rings. The molecule has 6 heteroatoms. The molecule has 0 atom stereocenters. The van der Waals surface area contributed by atoms with Gasteiger partial charge in [-0.1, -0.05) is 0 Å².